The first-order valence-electron chi connectivity index (χ1n) is 9.55. The molecular weight excluding hydrogens is 392 g/mol. The quantitative estimate of drug-likeness (QED) is 0.399. The first-order chi connectivity index (χ1) is 14.8. The van der Waals surface area contributed by atoms with Gasteiger partial charge in [0.15, 0.2) is 11.5 Å². The minimum absolute atomic E-state index is 0.661. The summed E-state index contributed by atoms with van der Waals surface area (Å²) < 4.78 is 0. The van der Waals surface area contributed by atoms with Crippen LogP contribution in [0.4, 0.5) is 0 Å². The number of nitrogens with zero attached hydrogens (tertiary/aromatic N) is 4. The molecule has 0 unspecified atom stereocenters. The second-order valence-electron chi connectivity index (χ2n) is 7.18. The molecule has 0 amide bonds. The number of benzene rings is 1. The molecule has 0 radical (unpaired) electrons. The van der Waals surface area contributed by atoms with E-state index < -0.39 is 0 Å². The summed E-state index contributed by atoms with van der Waals surface area (Å²) in [5.41, 5.74) is 8.93. The third-order valence-electron chi connectivity index (χ3n) is 5.34. The highest BCUT2D eigenvalue weighted by Gasteiger charge is 2.16. The molecule has 0 spiro atoms. The Morgan fingerprint density at radius 2 is 1.97 bits per heavy atom. The van der Waals surface area contributed by atoms with Gasteiger partial charge in [-0.25, -0.2) is 9.97 Å². The van der Waals surface area contributed by atoms with E-state index >= 15 is 0 Å². The van der Waals surface area contributed by atoms with Crippen LogP contribution in [0.15, 0.2) is 65.7 Å². The molecule has 6 rings (SSSR count). The zero-order valence-corrected chi connectivity index (χ0v) is 16.9. The maximum Gasteiger partial charge on any atom is 0.181 e. The van der Waals surface area contributed by atoms with Crippen molar-refractivity contribution in [2.45, 2.75) is 6.92 Å². The summed E-state index contributed by atoms with van der Waals surface area (Å²) in [5.74, 6) is 0.747. The number of para-hydroxylation sites is 1. The molecule has 0 atom stereocenters. The van der Waals surface area contributed by atoms with Gasteiger partial charge in [0.05, 0.1) is 16.4 Å². The van der Waals surface area contributed by atoms with Crippen LogP contribution in [-0.2, 0) is 0 Å². The molecule has 0 saturated heterocycles. The molecule has 5 heterocycles. The number of H-pyrrole nitrogens is 2. The molecule has 0 aliphatic heterocycles. The number of rotatable bonds is 3. The number of hydrogen-bond donors (Lipinski definition) is 2. The van der Waals surface area contributed by atoms with E-state index in [4.69, 9.17) is 4.98 Å². The lowest BCUT2D eigenvalue weighted by atomic mass is 10.0. The smallest absolute Gasteiger partial charge is 0.181 e. The van der Waals surface area contributed by atoms with E-state index in [1.165, 1.54) is 5.56 Å². The van der Waals surface area contributed by atoms with E-state index in [0.29, 0.717) is 5.65 Å². The van der Waals surface area contributed by atoms with Crippen molar-refractivity contribution >= 4 is 33.4 Å². The molecule has 0 bridgehead atoms. The fraction of sp³-hybridized carbons (Fsp3) is 0.0435. The van der Waals surface area contributed by atoms with Crippen molar-refractivity contribution in [2.24, 2.45) is 0 Å². The molecule has 6 nitrogen and oxygen atoms in total. The van der Waals surface area contributed by atoms with Crippen molar-refractivity contribution in [3.05, 3.63) is 71.3 Å². The predicted molar refractivity (Wildman–Crippen MR) is 120 cm³/mol. The zero-order chi connectivity index (χ0) is 20.1. The molecule has 0 aliphatic rings. The number of pyridine rings is 2. The Hall–Kier alpha value is -3.84. The van der Waals surface area contributed by atoms with Crippen LogP contribution in [0.25, 0.3) is 55.8 Å². The van der Waals surface area contributed by atoms with Crippen molar-refractivity contribution in [1.29, 1.82) is 0 Å². The largest absolute Gasteiger partial charge is 0.337 e. The van der Waals surface area contributed by atoms with Gasteiger partial charge in [-0.1, -0.05) is 12.1 Å². The summed E-state index contributed by atoms with van der Waals surface area (Å²) in [5, 5.41) is 12.6. The van der Waals surface area contributed by atoms with Gasteiger partial charge in [0.1, 0.15) is 5.69 Å². The minimum atomic E-state index is 0.661. The van der Waals surface area contributed by atoms with E-state index in [0.717, 1.165) is 50.2 Å². The van der Waals surface area contributed by atoms with Gasteiger partial charge >= 0.3 is 0 Å². The first-order valence-corrected chi connectivity index (χ1v) is 10.5. The lowest BCUT2D eigenvalue weighted by Gasteiger charge is -2.04. The van der Waals surface area contributed by atoms with Crippen LogP contribution in [-0.4, -0.2) is 30.1 Å². The maximum atomic E-state index is 4.92. The Morgan fingerprint density at radius 1 is 1.00 bits per heavy atom. The van der Waals surface area contributed by atoms with Gasteiger partial charge in [-0.15, -0.1) is 0 Å². The Labute approximate surface area is 175 Å². The van der Waals surface area contributed by atoms with E-state index in [2.05, 4.69) is 61.0 Å². The van der Waals surface area contributed by atoms with E-state index in [9.17, 15) is 0 Å². The third-order valence-corrected chi connectivity index (χ3v) is 6.02. The molecule has 30 heavy (non-hydrogen) atoms. The minimum Gasteiger partial charge on any atom is -0.337 e. The van der Waals surface area contributed by atoms with Gasteiger partial charge in [-0.3, -0.25) is 10.1 Å². The van der Waals surface area contributed by atoms with E-state index in [1.807, 2.05) is 30.6 Å². The summed E-state index contributed by atoms with van der Waals surface area (Å²) in [4.78, 5) is 17.2. The Kier molecular flexibility index (Phi) is 3.75. The predicted octanol–water partition coefficient (Wildman–Crippen LogP) is 5.60. The fourth-order valence-electron chi connectivity index (χ4n) is 3.79. The molecule has 144 valence electrons. The molecule has 7 heteroatoms. The van der Waals surface area contributed by atoms with Crippen LogP contribution in [0.5, 0.6) is 0 Å². The number of imidazole rings is 1. The summed E-state index contributed by atoms with van der Waals surface area (Å²) in [7, 11) is 0. The van der Waals surface area contributed by atoms with Gasteiger partial charge < -0.3 is 4.98 Å². The topological polar surface area (TPSA) is 83.1 Å². The lowest BCUT2D eigenvalue weighted by molar-refractivity contribution is 1.09. The third kappa shape index (κ3) is 2.63. The second-order valence-corrected chi connectivity index (χ2v) is 7.96. The lowest BCUT2D eigenvalue weighted by Crippen LogP contribution is -1.87. The van der Waals surface area contributed by atoms with Crippen molar-refractivity contribution in [2.75, 3.05) is 0 Å². The Balaban J connectivity index is 1.53. The van der Waals surface area contributed by atoms with Crippen LogP contribution in [0.1, 0.15) is 5.56 Å². The highest BCUT2D eigenvalue weighted by atomic mass is 32.1. The molecule has 1 aromatic carbocycles. The van der Waals surface area contributed by atoms with Gasteiger partial charge in [-0.05, 0) is 53.1 Å². The normalized spacial score (nSPS) is 11.5. The molecule has 5 aromatic heterocycles. The van der Waals surface area contributed by atoms with Gasteiger partial charge in [0.2, 0.25) is 0 Å². The average Bonchev–Trinajstić information content (AvgIpc) is 3.51. The number of hydrogen-bond acceptors (Lipinski definition) is 5. The number of aryl methyl sites for hydroxylation is 1. The number of nitrogens with one attached hydrogen (secondary N) is 2. The molecular formula is C23H16N6S. The molecule has 0 aliphatic carbocycles. The average molecular weight is 408 g/mol. The van der Waals surface area contributed by atoms with Crippen LogP contribution < -0.4 is 0 Å². The van der Waals surface area contributed by atoms with Crippen molar-refractivity contribution in [1.82, 2.24) is 30.1 Å². The Morgan fingerprint density at radius 3 is 2.83 bits per heavy atom. The summed E-state index contributed by atoms with van der Waals surface area (Å²) >= 11 is 1.68. The van der Waals surface area contributed by atoms with E-state index in [-0.39, 0.29) is 0 Å². The highest BCUT2D eigenvalue weighted by Crippen LogP contribution is 2.33. The number of fused-ring (bicyclic) bond motifs is 2. The number of aromatic amines is 2. The number of thiophene rings is 1. The van der Waals surface area contributed by atoms with Gasteiger partial charge in [-0.2, -0.15) is 16.4 Å². The second kappa shape index (κ2) is 6.60. The fourth-order valence-corrected chi connectivity index (χ4v) is 4.45. The van der Waals surface area contributed by atoms with Crippen molar-refractivity contribution < 1.29 is 0 Å². The van der Waals surface area contributed by atoms with Gasteiger partial charge in [0, 0.05) is 35.3 Å². The zero-order valence-electron chi connectivity index (χ0n) is 16.0. The number of aromatic nitrogens is 6. The summed E-state index contributed by atoms with van der Waals surface area (Å²) in [6.07, 6.45) is 5.50. The van der Waals surface area contributed by atoms with Crippen LogP contribution in [0.2, 0.25) is 0 Å². The van der Waals surface area contributed by atoms with Crippen LogP contribution in [0.3, 0.4) is 0 Å². The van der Waals surface area contributed by atoms with Crippen LogP contribution in [0, 0.1) is 6.92 Å². The summed E-state index contributed by atoms with van der Waals surface area (Å²) in [6.45, 7) is 2.07. The van der Waals surface area contributed by atoms with Crippen molar-refractivity contribution in [3.8, 4) is 33.8 Å². The first kappa shape index (κ1) is 17.1. The highest BCUT2D eigenvalue weighted by molar-refractivity contribution is 7.08. The molecule has 0 fully saturated rings. The maximum absolute atomic E-state index is 4.92. The Bertz CT molecular complexity index is 1510. The molecule has 2 N–H and O–H groups in total. The van der Waals surface area contributed by atoms with Gasteiger partial charge in [0.25, 0.3) is 0 Å². The van der Waals surface area contributed by atoms with Crippen LogP contribution >= 0.6 is 11.3 Å². The van der Waals surface area contributed by atoms with Crippen molar-refractivity contribution in [3.63, 3.8) is 0 Å². The summed E-state index contributed by atoms with van der Waals surface area (Å²) in [6, 6.07) is 12.4. The van der Waals surface area contributed by atoms with E-state index in [1.54, 1.807) is 17.5 Å². The molecule has 6 aromatic rings. The monoisotopic (exact) mass is 408 g/mol. The standard InChI is InChI=1S/C23H16N6S/c1-13-5-7-24-11-18(13)15-9-17-21(28-29-22(17)25-10-15)23-26-19-4-2-3-16(20(19)27-23)14-6-8-30-12-14/h2-12H,1H3,(H,26,27)(H,25,28,29). The SMILES string of the molecule is Cc1ccncc1-c1cnc2n[nH]c(-c3nc4c(-c5ccsc5)cccc4[nH]3)c2c1. The molecule has 0 saturated carbocycles.